The third kappa shape index (κ3) is 4.42. The summed E-state index contributed by atoms with van der Waals surface area (Å²) >= 11 is 0. The summed E-state index contributed by atoms with van der Waals surface area (Å²) < 4.78 is 10.7. The first-order chi connectivity index (χ1) is 12.5. The molecule has 0 saturated carbocycles. The minimum Gasteiger partial charge on any atom is -0.479 e. The molecule has 0 aromatic heterocycles. The lowest BCUT2D eigenvalue weighted by Crippen LogP contribution is -2.39. The lowest BCUT2D eigenvalue weighted by atomic mass is 10.00. The highest BCUT2D eigenvalue weighted by Gasteiger charge is 2.23. The van der Waals surface area contributed by atoms with E-state index in [2.05, 4.69) is 6.07 Å². The molecule has 0 bridgehead atoms. The zero-order valence-electron chi connectivity index (χ0n) is 15.1. The van der Waals surface area contributed by atoms with Crippen LogP contribution >= 0.6 is 0 Å². The molecule has 5 nitrogen and oxygen atoms in total. The number of rotatable bonds is 5. The first-order valence-electron chi connectivity index (χ1n) is 8.77. The number of hydrogen-bond donors (Lipinski definition) is 0. The van der Waals surface area contributed by atoms with Crippen LogP contribution in [-0.4, -0.2) is 36.0 Å². The molecule has 0 aliphatic carbocycles. The molecule has 1 unspecified atom stereocenters. The number of amides is 1. The molecule has 136 valence electrons. The van der Waals surface area contributed by atoms with Crippen molar-refractivity contribution in [2.75, 3.05) is 13.2 Å². The van der Waals surface area contributed by atoms with Crippen molar-refractivity contribution in [2.24, 2.45) is 0 Å². The van der Waals surface area contributed by atoms with E-state index in [1.165, 1.54) is 5.56 Å². The second-order valence-electron chi connectivity index (χ2n) is 6.51. The van der Waals surface area contributed by atoms with Crippen LogP contribution in [0.5, 0.6) is 5.75 Å². The Labute approximate surface area is 153 Å². The van der Waals surface area contributed by atoms with Gasteiger partial charge in [0.05, 0.1) is 0 Å². The molecular formula is C21H23NO4. The molecule has 0 radical (unpaired) electrons. The van der Waals surface area contributed by atoms with Gasteiger partial charge in [-0.15, -0.1) is 0 Å². The van der Waals surface area contributed by atoms with Crippen molar-refractivity contribution in [3.63, 3.8) is 0 Å². The summed E-state index contributed by atoms with van der Waals surface area (Å²) in [6.45, 7) is 4.53. The van der Waals surface area contributed by atoms with Gasteiger partial charge in [-0.25, -0.2) is 4.79 Å². The molecule has 1 aliphatic rings. The molecular weight excluding hydrogens is 330 g/mol. The van der Waals surface area contributed by atoms with Crippen molar-refractivity contribution < 1.29 is 19.1 Å². The number of aryl methyl sites for hydroxylation is 1. The average Bonchev–Trinajstić information content (AvgIpc) is 2.67. The van der Waals surface area contributed by atoms with Crippen LogP contribution in [0.25, 0.3) is 0 Å². The third-order valence-electron chi connectivity index (χ3n) is 4.49. The van der Waals surface area contributed by atoms with Gasteiger partial charge in [-0.2, -0.15) is 0 Å². The number of ether oxygens (including phenoxy) is 2. The van der Waals surface area contributed by atoms with Crippen LogP contribution in [0.1, 0.15) is 23.6 Å². The van der Waals surface area contributed by atoms with Gasteiger partial charge in [-0.1, -0.05) is 42.0 Å². The Kier molecular flexibility index (Phi) is 5.56. The molecule has 5 heteroatoms. The fraction of sp³-hybridized carbons (Fsp3) is 0.333. The Morgan fingerprint density at radius 2 is 1.77 bits per heavy atom. The molecule has 2 aromatic carbocycles. The van der Waals surface area contributed by atoms with Gasteiger partial charge < -0.3 is 14.4 Å². The molecule has 1 amide bonds. The SMILES string of the molecule is Cc1ccc(OC(C)C(=O)OCC(=O)N2CCc3ccccc3C2)cc1. The number of benzene rings is 2. The number of hydrogen-bond acceptors (Lipinski definition) is 4. The predicted octanol–water partition coefficient (Wildman–Crippen LogP) is 2.89. The van der Waals surface area contributed by atoms with Crippen molar-refractivity contribution in [3.05, 3.63) is 65.2 Å². The third-order valence-corrected chi connectivity index (χ3v) is 4.49. The standard InChI is InChI=1S/C21H23NO4/c1-15-7-9-19(10-8-15)26-16(2)21(24)25-14-20(23)22-12-11-17-5-3-4-6-18(17)13-22/h3-10,16H,11-14H2,1-2H3. The summed E-state index contributed by atoms with van der Waals surface area (Å²) in [6.07, 6.45) is 0.0515. The smallest absolute Gasteiger partial charge is 0.347 e. The Bertz CT molecular complexity index is 785. The Morgan fingerprint density at radius 1 is 1.08 bits per heavy atom. The lowest BCUT2D eigenvalue weighted by Gasteiger charge is -2.28. The van der Waals surface area contributed by atoms with Crippen molar-refractivity contribution in [3.8, 4) is 5.75 Å². The maximum atomic E-state index is 12.3. The molecule has 0 fully saturated rings. The van der Waals surface area contributed by atoms with E-state index >= 15 is 0 Å². The molecule has 1 heterocycles. The number of carbonyl (C=O) groups is 2. The molecule has 3 rings (SSSR count). The first kappa shape index (κ1) is 18.0. The summed E-state index contributed by atoms with van der Waals surface area (Å²) in [5.41, 5.74) is 3.53. The van der Waals surface area contributed by atoms with E-state index in [-0.39, 0.29) is 12.5 Å². The normalized spacial score (nSPS) is 14.3. The Hall–Kier alpha value is -2.82. The van der Waals surface area contributed by atoms with Crippen molar-refractivity contribution in [2.45, 2.75) is 32.9 Å². The monoisotopic (exact) mass is 353 g/mol. The summed E-state index contributed by atoms with van der Waals surface area (Å²) in [5, 5.41) is 0. The second-order valence-corrected chi connectivity index (χ2v) is 6.51. The summed E-state index contributed by atoms with van der Waals surface area (Å²) in [6, 6.07) is 15.5. The minimum atomic E-state index is -0.771. The van der Waals surface area contributed by atoms with E-state index in [1.807, 2.05) is 37.3 Å². The number of nitrogens with zero attached hydrogens (tertiary/aromatic N) is 1. The highest BCUT2D eigenvalue weighted by Crippen LogP contribution is 2.18. The second kappa shape index (κ2) is 8.04. The van der Waals surface area contributed by atoms with Gasteiger partial charge in [0.15, 0.2) is 12.7 Å². The summed E-state index contributed by atoms with van der Waals surface area (Å²) in [4.78, 5) is 26.1. The van der Waals surface area contributed by atoms with E-state index in [9.17, 15) is 9.59 Å². The van der Waals surface area contributed by atoms with Crippen LogP contribution in [0.2, 0.25) is 0 Å². The number of carbonyl (C=O) groups excluding carboxylic acids is 2. The van der Waals surface area contributed by atoms with Gasteiger partial charge in [0.1, 0.15) is 5.75 Å². The van der Waals surface area contributed by atoms with Gasteiger partial charge in [0.25, 0.3) is 5.91 Å². The first-order valence-corrected chi connectivity index (χ1v) is 8.77. The average molecular weight is 353 g/mol. The zero-order valence-corrected chi connectivity index (χ0v) is 15.1. The van der Waals surface area contributed by atoms with E-state index in [4.69, 9.17) is 9.47 Å². The van der Waals surface area contributed by atoms with Crippen molar-refractivity contribution in [1.82, 2.24) is 4.90 Å². The van der Waals surface area contributed by atoms with E-state index in [0.29, 0.717) is 18.8 Å². The largest absolute Gasteiger partial charge is 0.479 e. The van der Waals surface area contributed by atoms with Crippen molar-refractivity contribution >= 4 is 11.9 Å². The van der Waals surface area contributed by atoms with Gasteiger partial charge in [-0.05, 0) is 43.5 Å². The van der Waals surface area contributed by atoms with Gasteiger partial charge >= 0.3 is 5.97 Å². The Morgan fingerprint density at radius 3 is 2.50 bits per heavy atom. The number of fused-ring (bicyclic) bond motifs is 1. The van der Waals surface area contributed by atoms with Crippen LogP contribution in [0.4, 0.5) is 0 Å². The quantitative estimate of drug-likeness (QED) is 0.776. The van der Waals surface area contributed by atoms with Crippen LogP contribution in [0.3, 0.4) is 0 Å². The maximum absolute atomic E-state index is 12.3. The summed E-state index contributed by atoms with van der Waals surface area (Å²) in [5.74, 6) is -0.134. The van der Waals surface area contributed by atoms with E-state index in [0.717, 1.165) is 17.5 Å². The number of esters is 1. The van der Waals surface area contributed by atoms with E-state index in [1.54, 1.807) is 24.0 Å². The predicted molar refractivity (Wildman–Crippen MR) is 97.8 cm³/mol. The van der Waals surface area contributed by atoms with Crippen LogP contribution in [-0.2, 0) is 27.3 Å². The van der Waals surface area contributed by atoms with Gasteiger partial charge in [0.2, 0.25) is 0 Å². The molecule has 0 N–H and O–H groups in total. The fourth-order valence-electron chi connectivity index (χ4n) is 2.92. The van der Waals surface area contributed by atoms with Crippen LogP contribution < -0.4 is 4.74 Å². The molecule has 1 atom stereocenters. The maximum Gasteiger partial charge on any atom is 0.347 e. The molecule has 0 spiro atoms. The molecule has 2 aromatic rings. The summed E-state index contributed by atoms with van der Waals surface area (Å²) in [7, 11) is 0. The van der Waals surface area contributed by atoms with Crippen LogP contribution in [0, 0.1) is 6.92 Å². The topological polar surface area (TPSA) is 55.8 Å². The van der Waals surface area contributed by atoms with Gasteiger partial charge in [0, 0.05) is 13.1 Å². The lowest BCUT2D eigenvalue weighted by molar-refractivity contribution is -0.157. The fourth-order valence-corrected chi connectivity index (χ4v) is 2.92. The molecule has 26 heavy (non-hydrogen) atoms. The van der Waals surface area contributed by atoms with Gasteiger partial charge in [-0.3, -0.25) is 4.79 Å². The van der Waals surface area contributed by atoms with Crippen LogP contribution in [0.15, 0.2) is 48.5 Å². The van der Waals surface area contributed by atoms with Crippen molar-refractivity contribution in [1.29, 1.82) is 0 Å². The van der Waals surface area contributed by atoms with E-state index < -0.39 is 12.1 Å². The Balaban J connectivity index is 1.48. The highest BCUT2D eigenvalue weighted by atomic mass is 16.6. The highest BCUT2D eigenvalue weighted by molar-refractivity contribution is 5.82. The molecule has 0 saturated heterocycles. The zero-order chi connectivity index (χ0) is 18.5. The minimum absolute atomic E-state index is 0.185. The molecule has 1 aliphatic heterocycles.